The Morgan fingerprint density at radius 3 is 2.52 bits per heavy atom. The van der Waals surface area contributed by atoms with Crippen molar-refractivity contribution in [1.29, 1.82) is 0 Å². The molecule has 8 nitrogen and oxygen atoms in total. The minimum absolute atomic E-state index is 0.148. The van der Waals surface area contributed by atoms with Crippen molar-refractivity contribution in [1.82, 2.24) is 10.2 Å². The highest BCUT2D eigenvalue weighted by Gasteiger charge is 2.28. The number of aromatic amines is 1. The van der Waals surface area contributed by atoms with Crippen LogP contribution in [0.5, 0.6) is 11.5 Å². The zero-order valence-corrected chi connectivity index (χ0v) is 18.5. The van der Waals surface area contributed by atoms with Crippen LogP contribution < -0.4 is 14.4 Å². The van der Waals surface area contributed by atoms with Gasteiger partial charge >= 0.3 is 0 Å². The third-order valence-electron chi connectivity index (χ3n) is 5.46. The standard InChI is InChI=1S/C24H22N4O4S/c29-23(15-17-7-10-20(11-8-17)32-19-5-2-1-3-6-19)25-24-21-16-18(9-12-22(21)26-27-24)28-13-4-14-33(28,30)31/h1-3,5-12,16H,4,13-15H2,(H2,25,26,27,29). The van der Waals surface area contributed by atoms with Gasteiger partial charge in [-0.25, -0.2) is 8.42 Å². The number of fused-ring (bicyclic) bond motifs is 1. The van der Waals surface area contributed by atoms with E-state index < -0.39 is 10.0 Å². The number of H-pyrrole nitrogens is 1. The molecule has 1 saturated heterocycles. The third-order valence-corrected chi connectivity index (χ3v) is 7.33. The van der Waals surface area contributed by atoms with Crippen LogP contribution in [-0.2, 0) is 21.2 Å². The number of benzene rings is 3. The maximum atomic E-state index is 12.6. The fraction of sp³-hybridized carbons (Fsp3) is 0.167. The average molecular weight is 463 g/mol. The first-order valence-corrected chi connectivity index (χ1v) is 12.2. The first-order chi connectivity index (χ1) is 16.0. The lowest BCUT2D eigenvalue weighted by Crippen LogP contribution is -2.24. The van der Waals surface area contributed by atoms with E-state index in [0.717, 1.165) is 11.3 Å². The van der Waals surface area contributed by atoms with E-state index in [1.54, 1.807) is 18.2 Å². The molecule has 0 atom stereocenters. The molecule has 168 valence electrons. The molecule has 2 heterocycles. The molecule has 1 aromatic heterocycles. The van der Waals surface area contributed by atoms with E-state index >= 15 is 0 Å². The van der Waals surface area contributed by atoms with Gasteiger partial charge in [0.15, 0.2) is 5.82 Å². The monoisotopic (exact) mass is 462 g/mol. The first kappa shape index (κ1) is 21.0. The van der Waals surface area contributed by atoms with Crippen LogP contribution in [0.25, 0.3) is 10.9 Å². The van der Waals surface area contributed by atoms with E-state index in [9.17, 15) is 13.2 Å². The van der Waals surface area contributed by atoms with Gasteiger partial charge in [-0.15, -0.1) is 0 Å². The molecule has 0 radical (unpaired) electrons. The minimum Gasteiger partial charge on any atom is -0.457 e. The fourth-order valence-corrected chi connectivity index (χ4v) is 5.40. The lowest BCUT2D eigenvalue weighted by molar-refractivity contribution is -0.115. The molecule has 9 heteroatoms. The molecule has 3 aromatic carbocycles. The van der Waals surface area contributed by atoms with Crippen LogP contribution in [0, 0.1) is 0 Å². The smallest absolute Gasteiger partial charge is 0.235 e. The Bertz CT molecular complexity index is 1400. The molecule has 1 fully saturated rings. The first-order valence-electron chi connectivity index (χ1n) is 10.6. The van der Waals surface area contributed by atoms with Gasteiger partial charge in [0.2, 0.25) is 15.9 Å². The highest BCUT2D eigenvalue weighted by atomic mass is 32.2. The average Bonchev–Trinajstić information content (AvgIpc) is 3.37. The number of amides is 1. The molecule has 33 heavy (non-hydrogen) atoms. The maximum absolute atomic E-state index is 12.6. The van der Waals surface area contributed by atoms with Gasteiger partial charge in [0.1, 0.15) is 11.5 Å². The molecule has 1 aliphatic heterocycles. The normalized spacial score (nSPS) is 15.0. The van der Waals surface area contributed by atoms with E-state index in [4.69, 9.17) is 4.74 Å². The van der Waals surface area contributed by atoms with E-state index in [0.29, 0.717) is 41.1 Å². The van der Waals surface area contributed by atoms with Gasteiger partial charge in [0.05, 0.1) is 23.4 Å². The number of nitrogens with zero attached hydrogens (tertiary/aromatic N) is 2. The maximum Gasteiger partial charge on any atom is 0.235 e. The van der Waals surface area contributed by atoms with Crippen LogP contribution in [0.15, 0.2) is 72.8 Å². The second-order valence-corrected chi connectivity index (χ2v) is 9.84. The van der Waals surface area contributed by atoms with Crippen LogP contribution in [0.4, 0.5) is 11.5 Å². The number of anilines is 2. The van der Waals surface area contributed by atoms with Crippen molar-refractivity contribution in [2.75, 3.05) is 21.9 Å². The third kappa shape index (κ3) is 4.54. The van der Waals surface area contributed by atoms with Gasteiger partial charge in [-0.2, -0.15) is 5.10 Å². The summed E-state index contributed by atoms with van der Waals surface area (Å²) in [6.45, 7) is 0.456. The lowest BCUT2D eigenvalue weighted by Gasteiger charge is -2.16. The Hall–Kier alpha value is -3.85. The molecular formula is C24H22N4O4S. The van der Waals surface area contributed by atoms with Crippen LogP contribution >= 0.6 is 0 Å². The number of para-hydroxylation sites is 1. The molecule has 4 aromatic rings. The highest BCUT2D eigenvalue weighted by molar-refractivity contribution is 7.93. The topological polar surface area (TPSA) is 104 Å². The summed E-state index contributed by atoms with van der Waals surface area (Å²) in [6.07, 6.45) is 0.769. The molecule has 0 spiro atoms. The molecule has 0 aliphatic carbocycles. The molecule has 1 aliphatic rings. The van der Waals surface area contributed by atoms with Crippen molar-refractivity contribution < 1.29 is 17.9 Å². The van der Waals surface area contributed by atoms with Gasteiger partial charge in [0, 0.05) is 11.9 Å². The number of carbonyl (C=O) groups is 1. The fourth-order valence-electron chi connectivity index (χ4n) is 3.84. The van der Waals surface area contributed by atoms with Gasteiger partial charge < -0.3 is 10.1 Å². The zero-order chi connectivity index (χ0) is 22.8. The molecule has 0 bridgehead atoms. The summed E-state index contributed by atoms with van der Waals surface area (Å²) >= 11 is 0. The number of hydrogen-bond donors (Lipinski definition) is 2. The van der Waals surface area contributed by atoms with Crippen LogP contribution in [-0.4, -0.2) is 36.8 Å². The molecular weight excluding hydrogens is 440 g/mol. The summed E-state index contributed by atoms with van der Waals surface area (Å²) in [5.41, 5.74) is 2.12. The summed E-state index contributed by atoms with van der Waals surface area (Å²) in [4.78, 5) is 12.6. The summed E-state index contributed by atoms with van der Waals surface area (Å²) in [5.74, 6) is 1.73. The predicted molar refractivity (Wildman–Crippen MR) is 127 cm³/mol. The Balaban J connectivity index is 1.28. The number of nitrogens with one attached hydrogen (secondary N) is 2. The minimum atomic E-state index is -3.29. The Morgan fingerprint density at radius 1 is 1.03 bits per heavy atom. The molecule has 5 rings (SSSR count). The van der Waals surface area contributed by atoms with Gasteiger partial charge in [0.25, 0.3) is 0 Å². The second kappa shape index (κ2) is 8.59. The van der Waals surface area contributed by atoms with Crippen molar-refractivity contribution in [3.8, 4) is 11.5 Å². The Morgan fingerprint density at radius 2 is 1.79 bits per heavy atom. The Kier molecular flexibility index (Phi) is 5.47. The zero-order valence-electron chi connectivity index (χ0n) is 17.7. The van der Waals surface area contributed by atoms with E-state index in [-0.39, 0.29) is 18.1 Å². The number of ether oxygens (including phenoxy) is 1. The predicted octanol–water partition coefficient (Wildman–Crippen LogP) is 4.08. The molecule has 2 N–H and O–H groups in total. The van der Waals surface area contributed by atoms with Gasteiger partial charge in [-0.3, -0.25) is 14.2 Å². The number of rotatable bonds is 6. The van der Waals surface area contributed by atoms with Crippen LogP contribution in [0.2, 0.25) is 0 Å². The van der Waals surface area contributed by atoms with Crippen molar-refractivity contribution in [3.05, 3.63) is 78.4 Å². The van der Waals surface area contributed by atoms with E-state index in [1.165, 1.54) is 4.31 Å². The second-order valence-electron chi connectivity index (χ2n) is 7.83. The molecule has 1 amide bonds. The van der Waals surface area contributed by atoms with E-state index in [1.807, 2.05) is 54.6 Å². The molecule has 0 unspecified atom stereocenters. The number of sulfonamides is 1. The summed E-state index contributed by atoms with van der Waals surface area (Å²) < 4.78 is 31.7. The number of carbonyl (C=O) groups excluding carboxylic acids is 1. The summed E-state index contributed by atoms with van der Waals surface area (Å²) in [6, 6.07) is 22.1. The Labute approximate surface area is 191 Å². The van der Waals surface area contributed by atoms with Gasteiger partial charge in [-0.1, -0.05) is 30.3 Å². The number of hydrogen-bond acceptors (Lipinski definition) is 5. The highest BCUT2D eigenvalue weighted by Crippen LogP contribution is 2.30. The number of aromatic nitrogens is 2. The van der Waals surface area contributed by atoms with Crippen molar-refractivity contribution >= 4 is 38.3 Å². The summed E-state index contributed by atoms with van der Waals surface area (Å²) in [5, 5.41) is 10.6. The van der Waals surface area contributed by atoms with Crippen molar-refractivity contribution in [2.45, 2.75) is 12.8 Å². The van der Waals surface area contributed by atoms with Crippen molar-refractivity contribution in [2.24, 2.45) is 0 Å². The lowest BCUT2D eigenvalue weighted by atomic mass is 10.1. The van der Waals surface area contributed by atoms with Gasteiger partial charge in [-0.05, 0) is 54.4 Å². The van der Waals surface area contributed by atoms with Crippen LogP contribution in [0.3, 0.4) is 0 Å². The quantitative estimate of drug-likeness (QED) is 0.449. The van der Waals surface area contributed by atoms with Crippen molar-refractivity contribution in [3.63, 3.8) is 0 Å². The largest absolute Gasteiger partial charge is 0.457 e. The SMILES string of the molecule is O=C(Cc1ccc(Oc2ccccc2)cc1)Nc1n[nH]c2ccc(N3CCCS3(=O)=O)cc12. The van der Waals surface area contributed by atoms with Crippen LogP contribution in [0.1, 0.15) is 12.0 Å². The summed E-state index contributed by atoms with van der Waals surface area (Å²) in [7, 11) is -3.29. The molecule has 0 saturated carbocycles. The van der Waals surface area contributed by atoms with E-state index in [2.05, 4.69) is 15.5 Å².